The van der Waals surface area contributed by atoms with Crippen molar-refractivity contribution in [3.05, 3.63) is 35.9 Å². The van der Waals surface area contributed by atoms with E-state index in [2.05, 4.69) is 10.5 Å². The number of hydrogen-bond acceptors (Lipinski definition) is 5. The van der Waals surface area contributed by atoms with Gasteiger partial charge in [0.1, 0.15) is 12.9 Å². The van der Waals surface area contributed by atoms with Crippen LogP contribution in [0.1, 0.15) is 24.8 Å². The summed E-state index contributed by atoms with van der Waals surface area (Å²) >= 11 is 0. The molecule has 0 saturated heterocycles. The van der Waals surface area contributed by atoms with E-state index in [-0.39, 0.29) is 6.61 Å². The Morgan fingerprint density at radius 3 is 2.73 bits per heavy atom. The fourth-order valence-corrected chi connectivity index (χ4v) is 1.89. The van der Waals surface area contributed by atoms with Crippen LogP contribution in [-0.2, 0) is 16.1 Å². The first-order chi connectivity index (χ1) is 10.6. The van der Waals surface area contributed by atoms with Gasteiger partial charge in [-0.2, -0.15) is 0 Å². The molecule has 1 aromatic rings. The molecule has 0 spiro atoms. The maximum Gasteiger partial charge on any atom is 0.408 e. The zero-order chi connectivity index (χ0) is 16.2. The van der Waals surface area contributed by atoms with Gasteiger partial charge in [-0.1, -0.05) is 30.3 Å². The first-order valence-electron chi connectivity index (χ1n) is 7.45. The van der Waals surface area contributed by atoms with Crippen LogP contribution in [-0.4, -0.2) is 37.0 Å². The fourth-order valence-electron chi connectivity index (χ4n) is 1.89. The summed E-state index contributed by atoms with van der Waals surface area (Å²) in [5.74, 6) is 0. The molecule has 22 heavy (non-hydrogen) atoms. The highest BCUT2D eigenvalue weighted by atomic mass is 16.5. The minimum absolute atomic E-state index is 0.177. The number of hydrogen-bond donors (Lipinski definition) is 3. The molecule has 7 heteroatoms. The van der Waals surface area contributed by atoms with Gasteiger partial charge in [-0.05, 0) is 38.2 Å². The van der Waals surface area contributed by atoms with Gasteiger partial charge in [-0.25, -0.2) is 4.79 Å². The van der Waals surface area contributed by atoms with Crippen LogP contribution in [0.15, 0.2) is 30.3 Å². The predicted molar refractivity (Wildman–Crippen MR) is 85.3 cm³/mol. The lowest BCUT2D eigenvalue weighted by Crippen LogP contribution is -2.36. The Morgan fingerprint density at radius 2 is 2.09 bits per heavy atom. The van der Waals surface area contributed by atoms with Gasteiger partial charge in [-0.15, -0.1) is 0 Å². The van der Waals surface area contributed by atoms with E-state index in [1.54, 1.807) is 6.82 Å². The summed E-state index contributed by atoms with van der Waals surface area (Å²) in [6.07, 6.45) is 2.25. The summed E-state index contributed by atoms with van der Waals surface area (Å²) in [7, 11) is -0.534. The molecule has 0 heterocycles. The number of carbonyl (C=O) groups is 2. The summed E-state index contributed by atoms with van der Waals surface area (Å²) in [5, 5.41) is 14.4. The van der Waals surface area contributed by atoms with Crippen molar-refractivity contribution in [1.82, 2.24) is 10.5 Å². The second-order valence-electron chi connectivity index (χ2n) is 5.07. The van der Waals surface area contributed by atoms with E-state index in [0.717, 1.165) is 18.4 Å². The zero-order valence-electron chi connectivity index (χ0n) is 12.8. The minimum Gasteiger partial charge on any atom is -0.445 e. The molecule has 0 bridgehead atoms. The molecule has 120 valence electrons. The van der Waals surface area contributed by atoms with Crippen LogP contribution in [0.5, 0.6) is 0 Å². The Hall–Kier alpha value is -1.86. The third-order valence-corrected chi connectivity index (χ3v) is 3.06. The predicted octanol–water partition coefficient (Wildman–Crippen LogP) is 1.35. The molecule has 0 aliphatic rings. The number of unbranched alkanes of at least 4 members (excludes halogenated alkanes) is 1. The summed E-state index contributed by atoms with van der Waals surface area (Å²) in [4.78, 5) is 22.6. The number of carbonyl (C=O) groups excluding carboxylic acids is 2. The van der Waals surface area contributed by atoms with Gasteiger partial charge in [-0.3, -0.25) is 0 Å². The molecular weight excluding hydrogens is 283 g/mol. The average molecular weight is 306 g/mol. The van der Waals surface area contributed by atoms with Crippen molar-refractivity contribution in [2.75, 3.05) is 6.54 Å². The van der Waals surface area contributed by atoms with Gasteiger partial charge in [0.25, 0.3) is 0 Å². The van der Waals surface area contributed by atoms with E-state index in [1.165, 1.54) is 0 Å². The van der Waals surface area contributed by atoms with E-state index in [9.17, 15) is 9.59 Å². The van der Waals surface area contributed by atoms with Crippen LogP contribution in [0.3, 0.4) is 0 Å². The van der Waals surface area contributed by atoms with Crippen molar-refractivity contribution in [1.29, 1.82) is 0 Å². The first kappa shape index (κ1) is 18.2. The van der Waals surface area contributed by atoms with Gasteiger partial charge in [0.15, 0.2) is 0 Å². The van der Waals surface area contributed by atoms with Crippen LogP contribution in [0.4, 0.5) is 4.79 Å². The smallest absolute Gasteiger partial charge is 0.408 e. The van der Waals surface area contributed by atoms with Crippen molar-refractivity contribution in [3.63, 3.8) is 0 Å². The molecule has 3 N–H and O–H groups in total. The van der Waals surface area contributed by atoms with E-state index in [0.29, 0.717) is 19.3 Å². The SMILES string of the molecule is CB(O)NCCCCC(C=O)NC(=O)OCc1ccccc1. The monoisotopic (exact) mass is 306 g/mol. The van der Waals surface area contributed by atoms with Gasteiger partial charge in [0.2, 0.25) is 0 Å². The number of rotatable bonds is 10. The number of ether oxygens (including phenoxy) is 1. The van der Waals surface area contributed by atoms with Gasteiger partial charge >= 0.3 is 13.1 Å². The van der Waals surface area contributed by atoms with Crippen molar-refractivity contribution >= 4 is 19.4 Å². The highest BCUT2D eigenvalue weighted by Crippen LogP contribution is 2.02. The standard InChI is InChI=1S/C15H23BN2O4/c1-16(21)17-10-6-5-9-14(11-19)18-15(20)22-12-13-7-3-2-4-8-13/h2-4,7-8,11,14,17,21H,5-6,9-10,12H2,1H3,(H,18,20). The molecule has 1 unspecified atom stereocenters. The Balaban J connectivity index is 2.18. The van der Waals surface area contributed by atoms with E-state index in [1.807, 2.05) is 30.3 Å². The van der Waals surface area contributed by atoms with Crippen molar-refractivity contribution in [3.8, 4) is 0 Å². The number of alkyl carbamates (subject to hydrolysis) is 1. The fraction of sp³-hybridized carbons (Fsp3) is 0.467. The van der Waals surface area contributed by atoms with E-state index in [4.69, 9.17) is 9.76 Å². The molecule has 0 saturated carbocycles. The summed E-state index contributed by atoms with van der Waals surface area (Å²) in [6.45, 7) is 2.50. The van der Waals surface area contributed by atoms with Crippen molar-refractivity contribution in [2.45, 2.75) is 38.7 Å². The molecule has 0 aliphatic carbocycles. The Morgan fingerprint density at radius 1 is 1.36 bits per heavy atom. The number of nitrogens with one attached hydrogen (secondary N) is 2. The zero-order valence-corrected chi connectivity index (χ0v) is 12.8. The Bertz CT molecular complexity index is 442. The second kappa shape index (κ2) is 10.8. The van der Waals surface area contributed by atoms with Crippen LogP contribution >= 0.6 is 0 Å². The molecule has 0 radical (unpaired) electrons. The molecule has 0 fully saturated rings. The first-order valence-corrected chi connectivity index (χ1v) is 7.45. The van der Waals surface area contributed by atoms with Gasteiger partial charge < -0.3 is 25.1 Å². The van der Waals surface area contributed by atoms with Crippen LogP contribution in [0.2, 0.25) is 6.82 Å². The van der Waals surface area contributed by atoms with Gasteiger partial charge in [0, 0.05) is 0 Å². The number of aldehydes is 1. The maximum atomic E-state index is 11.6. The quantitative estimate of drug-likeness (QED) is 0.345. The third kappa shape index (κ3) is 8.44. The lowest BCUT2D eigenvalue weighted by Gasteiger charge is -2.13. The summed E-state index contributed by atoms with van der Waals surface area (Å²) < 4.78 is 5.06. The van der Waals surface area contributed by atoms with Crippen molar-refractivity contribution in [2.24, 2.45) is 0 Å². The van der Waals surface area contributed by atoms with Gasteiger partial charge in [0.05, 0.1) is 6.04 Å². The summed E-state index contributed by atoms with van der Waals surface area (Å²) in [6, 6.07) is 8.80. The van der Waals surface area contributed by atoms with Crippen LogP contribution in [0, 0.1) is 0 Å². The molecular formula is C15H23BN2O4. The van der Waals surface area contributed by atoms with E-state index < -0.39 is 19.2 Å². The van der Waals surface area contributed by atoms with Crippen LogP contribution in [0.25, 0.3) is 0 Å². The van der Waals surface area contributed by atoms with Crippen LogP contribution < -0.4 is 10.5 Å². The Labute approximate surface area is 131 Å². The average Bonchev–Trinajstić information content (AvgIpc) is 2.52. The maximum absolute atomic E-state index is 11.6. The normalized spacial score (nSPS) is 11.5. The highest BCUT2D eigenvalue weighted by Gasteiger charge is 2.12. The van der Waals surface area contributed by atoms with Crippen molar-refractivity contribution < 1.29 is 19.3 Å². The third-order valence-electron chi connectivity index (χ3n) is 3.06. The molecule has 1 atom stereocenters. The largest absolute Gasteiger partial charge is 0.445 e. The molecule has 1 rings (SSSR count). The Kier molecular flexibility index (Phi) is 8.94. The molecule has 6 nitrogen and oxygen atoms in total. The lowest BCUT2D eigenvalue weighted by molar-refractivity contribution is -0.109. The minimum atomic E-state index is -0.594. The van der Waals surface area contributed by atoms with E-state index >= 15 is 0 Å². The molecule has 0 aliphatic heterocycles. The summed E-state index contributed by atoms with van der Waals surface area (Å²) in [5.41, 5.74) is 0.893. The molecule has 0 aromatic heterocycles. The topological polar surface area (TPSA) is 87.7 Å². The highest BCUT2D eigenvalue weighted by molar-refractivity contribution is 6.45. The second-order valence-corrected chi connectivity index (χ2v) is 5.07. The number of amides is 1. The lowest BCUT2D eigenvalue weighted by atomic mass is 9.89. The number of benzene rings is 1. The molecule has 1 amide bonds. The molecule has 1 aromatic carbocycles.